The molecule has 31 heavy (non-hydrogen) atoms. The Morgan fingerprint density at radius 3 is 2.68 bits per heavy atom. The van der Waals surface area contributed by atoms with E-state index in [2.05, 4.69) is 15.5 Å². The molecule has 1 amide bonds. The molecule has 1 fully saturated rings. The first-order valence-corrected chi connectivity index (χ1v) is 11.2. The number of para-hydroxylation sites is 2. The average Bonchev–Trinajstić information content (AvgIpc) is 3.54. The molecule has 1 heterocycles. The lowest BCUT2D eigenvalue weighted by molar-refractivity contribution is -0.129. The number of ether oxygens (including phenoxy) is 2. The van der Waals surface area contributed by atoms with E-state index in [0.717, 1.165) is 29.8 Å². The number of nitrogens with zero attached hydrogens (tertiary/aromatic N) is 5. The lowest BCUT2D eigenvalue weighted by atomic mass is 10.2. The number of thioether (sulfide) groups is 1. The third-order valence-corrected chi connectivity index (χ3v) is 5.88. The van der Waals surface area contributed by atoms with Gasteiger partial charge in [-0.15, -0.1) is 5.10 Å². The molecule has 0 radical (unpaired) electrons. The van der Waals surface area contributed by atoms with Gasteiger partial charge in [-0.1, -0.05) is 36.0 Å². The topological polar surface area (TPSA) is 82.4 Å². The maximum atomic E-state index is 13.0. The highest BCUT2D eigenvalue weighted by molar-refractivity contribution is 7.99. The summed E-state index contributed by atoms with van der Waals surface area (Å²) in [5.41, 5.74) is 1.84. The highest BCUT2D eigenvalue weighted by Gasteiger charge is 2.32. The number of hydrogen-bond donors (Lipinski definition) is 0. The molecule has 0 spiro atoms. The van der Waals surface area contributed by atoms with Crippen molar-refractivity contribution in [2.45, 2.75) is 37.5 Å². The zero-order valence-corrected chi connectivity index (χ0v) is 18.4. The summed E-state index contributed by atoms with van der Waals surface area (Å²) < 4.78 is 12.5. The summed E-state index contributed by atoms with van der Waals surface area (Å²) in [6.07, 6.45) is 2.10. The molecular formula is C22H25N5O3S. The minimum Gasteiger partial charge on any atom is -0.497 e. The van der Waals surface area contributed by atoms with Crippen molar-refractivity contribution in [3.05, 3.63) is 54.1 Å². The van der Waals surface area contributed by atoms with Crippen LogP contribution in [0.5, 0.6) is 11.5 Å². The van der Waals surface area contributed by atoms with Crippen molar-refractivity contribution >= 4 is 17.7 Å². The van der Waals surface area contributed by atoms with E-state index in [1.165, 1.54) is 11.8 Å². The number of tetrazole rings is 1. The van der Waals surface area contributed by atoms with Crippen LogP contribution in [0, 0.1) is 0 Å². The highest BCUT2D eigenvalue weighted by Crippen LogP contribution is 2.31. The van der Waals surface area contributed by atoms with E-state index in [-0.39, 0.29) is 11.7 Å². The van der Waals surface area contributed by atoms with Crippen LogP contribution in [-0.2, 0) is 11.3 Å². The fourth-order valence-electron chi connectivity index (χ4n) is 3.27. The van der Waals surface area contributed by atoms with Crippen LogP contribution < -0.4 is 9.47 Å². The summed E-state index contributed by atoms with van der Waals surface area (Å²) in [5.74, 6) is 1.85. The Hall–Kier alpha value is -3.07. The molecule has 0 saturated heterocycles. The first-order valence-electron chi connectivity index (χ1n) is 10.3. The second-order valence-electron chi connectivity index (χ2n) is 7.16. The van der Waals surface area contributed by atoms with Crippen molar-refractivity contribution in [2.75, 3.05) is 19.5 Å². The van der Waals surface area contributed by atoms with E-state index >= 15 is 0 Å². The molecule has 3 aromatic rings. The predicted molar refractivity (Wildman–Crippen MR) is 118 cm³/mol. The quantitative estimate of drug-likeness (QED) is 0.448. The summed E-state index contributed by atoms with van der Waals surface area (Å²) in [6.45, 7) is 3.06. The van der Waals surface area contributed by atoms with E-state index < -0.39 is 0 Å². The summed E-state index contributed by atoms with van der Waals surface area (Å²) in [6, 6.07) is 15.7. The van der Waals surface area contributed by atoms with Gasteiger partial charge in [-0.3, -0.25) is 4.79 Å². The van der Waals surface area contributed by atoms with E-state index in [0.29, 0.717) is 30.1 Å². The summed E-state index contributed by atoms with van der Waals surface area (Å²) in [4.78, 5) is 15.0. The van der Waals surface area contributed by atoms with Gasteiger partial charge in [0, 0.05) is 12.6 Å². The van der Waals surface area contributed by atoms with Crippen molar-refractivity contribution in [3.8, 4) is 17.2 Å². The molecule has 1 aromatic heterocycles. The third kappa shape index (κ3) is 5.16. The number of aromatic nitrogens is 4. The minimum absolute atomic E-state index is 0.0796. The Morgan fingerprint density at radius 2 is 1.97 bits per heavy atom. The monoisotopic (exact) mass is 439 g/mol. The molecule has 1 aliphatic carbocycles. The maximum absolute atomic E-state index is 13.0. The smallest absolute Gasteiger partial charge is 0.233 e. The molecular weight excluding hydrogens is 414 g/mol. The van der Waals surface area contributed by atoms with Crippen LogP contribution in [-0.4, -0.2) is 56.5 Å². The van der Waals surface area contributed by atoms with E-state index in [4.69, 9.17) is 9.47 Å². The van der Waals surface area contributed by atoms with Crippen LogP contribution in [0.15, 0.2) is 53.7 Å². The zero-order chi connectivity index (χ0) is 21.6. The number of benzene rings is 2. The second kappa shape index (κ2) is 9.82. The van der Waals surface area contributed by atoms with Crippen LogP contribution >= 0.6 is 11.8 Å². The molecule has 9 heteroatoms. The first-order chi connectivity index (χ1) is 15.2. The van der Waals surface area contributed by atoms with Crippen LogP contribution in [0.2, 0.25) is 0 Å². The van der Waals surface area contributed by atoms with Crippen LogP contribution in [0.1, 0.15) is 25.3 Å². The van der Waals surface area contributed by atoms with Gasteiger partial charge in [0.1, 0.15) is 17.2 Å². The number of methoxy groups -OCH3 is 1. The normalized spacial score (nSPS) is 13.1. The van der Waals surface area contributed by atoms with Crippen LogP contribution in [0.4, 0.5) is 0 Å². The molecule has 1 saturated carbocycles. The Morgan fingerprint density at radius 1 is 1.19 bits per heavy atom. The van der Waals surface area contributed by atoms with Gasteiger partial charge >= 0.3 is 0 Å². The van der Waals surface area contributed by atoms with E-state index in [1.54, 1.807) is 11.8 Å². The first kappa shape index (κ1) is 21.2. The molecule has 0 N–H and O–H groups in total. The van der Waals surface area contributed by atoms with Crippen LogP contribution in [0.25, 0.3) is 5.69 Å². The van der Waals surface area contributed by atoms with E-state index in [9.17, 15) is 4.79 Å². The van der Waals surface area contributed by atoms with Gasteiger partial charge in [-0.05, 0) is 60.0 Å². The fourth-order valence-corrected chi connectivity index (χ4v) is 4.04. The van der Waals surface area contributed by atoms with Crippen molar-refractivity contribution < 1.29 is 14.3 Å². The Kier molecular flexibility index (Phi) is 6.71. The van der Waals surface area contributed by atoms with Crippen molar-refractivity contribution in [2.24, 2.45) is 0 Å². The molecule has 2 aromatic carbocycles. The van der Waals surface area contributed by atoms with Gasteiger partial charge in [-0.25, -0.2) is 0 Å². The standard InChI is InChI=1S/C22H25N5O3S/c1-3-30-20-7-5-4-6-19(20)27-22(23-24-25-27)31-15-21(28)26(17-10-11-17)14-16-8-12-18(29-2)13-9-16/h4-9,12-13,17H,3,10-11,14-15H2,1-2H3. The molecule has 4 rings (SSSR count). The van der Waals surface area contributed by atoms with Gasteiger partial charge in [0.05, 0.1) is 19.5 Å². The number of carbonyl (C=O) groups excluding carboxylic acids is 1. The minimum atomic E-state index is 0.0796. The van der Waals surface area contributed by atoms with Gasteiger partial charge < -0.3 is 14.4 Å². The molecule has 0 aliphatic heterocycles. The maximum Gasteiger partial charge on any atom is 0.233 e. The van der Waals surface area contributed by atoms with Crippen LogP contribution in [0.3, 0.4) is 0 Å². The molecule has 0 unspecified atom stereocenters. The predicted octanol–water partition coefficient (Wildman–Crippen LogP) is 3.35. The van der Waals surface area contributed by atoms with Crippen molar-refractivity contribution in [1.82, 2.24) is 25.1 Å². The zero-order valence-electron chi connectivity index (χ0n) is 17.6. The molecule has 0 bridgehead atoms. The number of amides is 1. The molecule has 162 valence electrons. The molecule has 1 aliphatic rings. The highest BCUT2D eigenvalue weighted by atomic mass is 32.2. The Labute approximate surface area is 185 Å². The number of carbonyl (C=O) groups is 1. The fraction of sp³-hybridized carbons (Fsp3) is 0.364. The number of rotatable bonds is 10. The van der Waals surface area contributed by atoms with Gasteiger partial charge in [-0.2, -0.15) is 4.68 Å². The number of hydrogen-bond acceptors (Lipinski definition) is 7. The summed E-state index contributed by atoms with van der Waals surface area (Å²) in [5, 5.41) is 12.6. The van der Waals surface area contributed by atoms with Crippen molar-refractivity contribution in [3.63, 3.8) is 0 Å². The Bertz CT molecular complexity index is 1020. The van der Waals surface area contributed by atoms with Gasteiger partial charge in [0.2, 0.25) is 11.1 Å². The summed E-state index contributed by atoms with van der Waals surface area (Å²) >= 11 is 1.33. The van der Waals surface area contributed by atoms with Gasteiger partial charge in [0.25, 0.3) is 0 Å². The van der Waals surface area contributed by atoms with E-state index in [1.807, 2.05) is 60.4 Å². The third-order valence-electron chi connectivity index (χ3n) is 4.98. The SMILES string of the molecule is CCOc1ccccc1-n1nnnc1SCC(=O)N(Cc1ccc(OC)cc1)C1CC1. The largest absolute Gasteiger partial charge is 0.497 e. The Balaban J connectivity index is 1.44. The van der Waals surface area contributed by atoms with Gasteiger partial charge in [0.15, 0.2) is 0 Å². The van der Waals surface area contributed by atoms with Crippen molar-refractivity contribution in [1.29, 1.82) is 0 Å². The lowest BCUT2D eigenvalue weighted by Gasteiger charge is -2.22. The molecule has 0 atom stereocenters. The second-order valence-corrected chi connectivity index (χ2v) is 8.11. The average molecular weight is 440 g/mol. The molecule has 8 nitrogen and oxygen atoms in total. The summed E-state index contributed by atoms with van der Waals surface area (Å²) in [7, 11) is 1.65. The lowest BCUT2D eigenvalue weighted by Crippen LogP contribution is -2.34.